The smallest absolute Gasteiger partial charge is 0.0852 e. The molecule has 0 aliphatic rings. The Kier molecular flexibility index (Phi) is 6.43. The average molecular weight is 346 g/mol. The highest BCUT2D eigenvalue weighted by atomic mass is 32.1. The van der Waals surface area contributed by atoms with E-state index in [1.807, 2.05) is 0 Å². The molecule has 0 amide bonds. The van der Waals surface area contributed by atoms with Gasteiger partial charge < -0.3 is 4.90 Å². The van der Waals surface area contributed by atoms with Crippen LogP contribution in [0.4, 0.5) is 5.69 Å². The quantitative estimate of drug-likeness (QED) is 0.444. The fourth-order valence-corrected chi connectivity index (χ4v) is 3.15. The maximum Gasteiger partial charge on any atom is 0.0852 e. The first kappa shape index (κ1) is 20.9. The molecular formula is C22H35NS. The van der Waals surface area contributed by atoms with E-state index in [9.17, 15) is 0 Å². The topological polar surface area (TPSA) is 3.24 Å². The van der Waals surface area contributed by atoms with E-state index >= 15 is 0 Å². The van der Waals surface area contributed by atoms with Gasteiger partial charge in [-0.05, 0) is 41.4 Å². The summed E-state index contributed by atoms with van der Waals surface area (Å²) in [5.41, 5.74) is 5.28. The molecule has 2 heteroatoms. The summed E-state index contributed by atoms with van der Waals surface area (Å²) in [6, 6.07) is 6.86. The summed E-state index contributed by atoms with van der Waals surface area (Å²) in [5, 5.41) is 0. The lowest BCUT2D eigenvalue weighted by Gasteiger charge is -2.33. The Morgan fingerprint density at radius 1 is 1.12 bits per heavy atom. The summed E-state index contributed by atoms with van der Waals surface area (Å²) in [4.78, 5) is 3.19. The molecule has 1 nitrogen and oxygen atoms in total. The van der Waals surface area contributed by atoms with Gasteiger partial charge in [-0.15, -0.1) is 6.58 Å². The highest BCUT2D eigenvalue weighted by Gasteiger charge is 2.25. The summed E-state index contributed by atoms with van der Waals surface area (Å²) >= 11 is 5.80. The van der Waals surface area contributed by atoms with E-state index in [1.54, 1.807) is 0 Å². The monoisotopic (exact) mass is 345 g/mol. The first-order chi connectivity index (χ1) is 10.7. The lowest BCUT2D eigenvalue weighted by Crippen LogP contribution is -2.32. The number of benzene rings is 1. The number of hydrogen-bond acceptors (Lipinski definition) is 1. The third-order valence-corrected chi connectivity index (χ3v) is 5.12. The highest BCUT2D eigenvalue weighted by molar-refractivity contribution is 7.80. The van der Waals surface area contributed by atoms with Crippen molar-refractivity contribution in [2.24, 2.45) is 5.92 Å². The molecule has 0 radical (unpaired) electrons. The standard InChI is InChI=1S/C22H35NS/c1-15(2)13-16(3)20(24)23(10)19-14-17(21(4,5)6)11-12-18(19)22(7,8)9/h11-12,14,16H,1,13H2,2-10H3. The Balaban J connectivity index is 3.37. The van der Waals surface area contributed by atoms with E-state index in [4.69, 9.17) is 12.2 Å². The van der Waals surface area contributed by atoms with Crippen molar-refractivity contribution in [3.05, 3.63) is 41.5 Å². The molecule has 0 fully saturated rings. The number of anilines is 1. The van der Waals surface area contributed by atoms with Crippen LogP contribution in [0.5, 0.6) is 0 Å². The van der Waals surface area contributed by atoms with Crippen molar-refractivity contribution >= 4 is 22.9 Å². The molecule has 0 aromatic heterocycles. The predicted molar refractivity (Wildman–Crippen MR) is 113 cm³/mol. The van der Waals surface area contributed by atoms with Crippen molar-refractivity contribution in [3.8, 4) is 0 Å². The molecule has 1 rings (SSSR count). The maximum atomic E-state index is 5.80. The molecular weight excluding hydrogens is 310 g/mol. The minimum Gasteiger partial charge on any atom is -0.339 e. The number of rotatable bonds is 4. The van der Waals surface area contributed by atoms with Crippen molar-refractivity contribution in [2.45, 2.75) is 72.6 Å². The maximum absolute atomic E-state index is 5.80. The molecule has 0 N–H and O–H groups in total. The number of allylic oxidation sites excluding steroid dienone is 1. The Labute approximate surface area is 155 Å². The first-order valence-corrected chi connectivity index (χ1v) is 9.23. The van der Waals surface area contributed by atoms with Gasteiger partial charge in [-0.1, -0.05) is 78.4 Å². The summed E-state index contributed by atoms with van der Waals surface area (Å²) in [7, 11) is 2.11. The van der Waals surface area contributed by atoms with Crippen LogP contribution >= 0.6 is 12.2 Å². The SMILES string of the molecule is C=C(C)CC(C)C(=S)N(C)c1cc(C(C)(C)C)ccc1C(C)(C)C. The second-order valence-corrected chi connectivity index (χ2v) is 9.61. The molecule has 1 aromatic carbocycles. The van der Waals surface area contributed by atoms with E-state index in [-0.39, 0.29) is 10.8 Å². The molecule has 1 atom stereocenters. The summed E-state index contributed by atoms with van der Waals surface area (Å²) in [6.45, 7) is 21.8. The van der Waals surface area contributed by atoms with Crippen molar-refractivity contribution in [1.29, 1.82) is 0 Å². The second kappa shape index (κ2) is 7.39. The van der Waals surface area contributed by atoms with Crippen molar-refractivity contribution in [2.75, 3.05) is 11.9 Å². The van der Waals surface area contributed by atoms with Crippen LogP contribution in [0.2, 0.25) is 0 Å². The van der Waals surface area contributed by atoms with Gasteiger partial charge in [0.25, 0.3) is 0 Å². The zero-order valence-corrected chi connectivity index (χ0v) is 17.9. The number of nitrogens with zero attached hydrogens (tertiary/aromatic N) is 1. The first-order valence-electron chi connectivity index (χ1n) is 8.82. The molecule has 1 aromatic rings. The van der Waals surface area contributed by atoms with Gasteiger partial charge in [0.2, 0.25) is 0 Å². The van der Waals surface area contributed by atoms with Gasteiger partial charge in [-0.2, -0.15) is 0 Å². The van der Waals surface area contributed by atoms with Gasteiger partial charge >= 0.3 is 0 Å². The van der Waals surface area contributed by atoms with Crippen molar-refractivity contribution in [1.82, 2.24) is 0 Å². The molecule has 1 unspecified atom stereocenters. The van der Waals surface area contributed by atoms with Crippen LogP contribution in [0.1, 0.15) is 72.9 Å². The molecule has 134 valence electrons. The van der Waals surface area contributed by atoms with Gasteiger partial charge in [0.1, 0.15) is 0 Å². The van der Waals surface area contributed by atoms with Crippen molar-refractivity contribution in [3.63, 3.8) is 0 Å². The van der Waals surface area contributed by atoms with Crippen LogP contribution in [0, 0.1) is 5.92 Å². The third-order valence-electron chi connectivity index (χ3n) is 4.44. The zero-order valence-electron chi connectivity index (χ0n) is 17.1. The molecule has 0 aliphatic heterocycles. The van der Waals surface area contributed by atoms with Crippen LogP contribution < -0.4 is 4.90 Å². The lowest BCUT2D eigenvalue weighted by atomic mass is 9.80. The Bertz CT molecular complexity index is 614. The van der Waals surface area contributed by atoms with Crippen molar-refractivity contribution < 1.29 is 0 Å². The normalized spacial score (nSPS) is 13.5. The Hall–Kier alpha value is -1.15. The van der Waals surface area contributed by atoms with Crippen LogP contribution in [-0.2, 0) is 10.8 Å². The van der Waals surface area contributed by atoms with Crippen LogP contribution in [-0.4, -0.2) is 12.0 Å². The minimum atomic E-state index is 0.0766. The van der Waals surface area contributed by atoms with E-state index in [0.717, 1.165) is 11.4 Å². The van der Waals surface area contributed by atoms with Crippen LogP contribution in [0.15, 0.2) is 30.4 Å². The van der Waals surface area contributed by atoms with Crippen LogP contribution in [0.3, 0.4) is 0 Å². The fraction of sp³-hybridized carbons (Fsp3) is 0.591. The van der Waals surface area contributed by atoms with E-state index in [2.05, 4.69) is 92.1 Å². The Morgan fingerprint density at radius 3 is 2.08 bits per heavy atom. The average Bonchev–Trinajstić information content (AvgIpc) is 2.42. The lowest BCUT2D eigenvalue weighted by molar-refractivity contribution is 0.577. The fourth-order valence-electron chi connectivity index (χ4n) is 2.97. The molecule has 24 heavy (non-hydrogen) atoms. The second-order valence-electron chi connectivity index (χ2n) is 9.19. The van der Waals surface area contributed by atoms with Crippen LogP contribution in [0.25, 0.3) is 0 Å². The molecule has 0 aliphatic carbocycles. The molecule has 0 bridgehead atoms. The zero-order chi connectivity index (χ0) is 18.9. The largest absolute Gasteiger partial charge is 0.339 e. The number of thiocarbonyl (C=S) groups is 1. The summed E-state index contributed by atoms with van der Waals surface area (Å²) in [6.07, 6.45) is 0.937. The predicted octanol–water partition coefficient (Wildman–Crippen LogP) is 6.65. The van der Waals surface area contributed by atoms with E-state index in [1.165, 1.54) is 22.4 Å². The van der Waals surface area contributed by atoms with E-state index in [0.29, 0.717) is 5.92 Å². The summed E-state index contributed by atoms with van der Waals surface area (Å²) in [5.74, 6) is 0.314. The van der Waals surface area contributed by atoms with Gasteiger partial charge in [-0.25, -0.2) is 0 Å². The van der Waals surface area contributed by atoms with Gasteiger partial charge in [-0.3, -0.25) is 0 Å². The molecule has 0 heterocycles. The van der Waals surface area contributed by atoms with Gasteiger partial charge in [0.15, 0.2) is 0 Å². The third kappa shape index (κ3) is 5.17. The highest BCUT2D eigenvalue weighted by Crippen LogP contribution is 2.36. The minimum absolute atomic E-state index is 0.0766. The molecule has 0 saturated carbocycles. The van der Waals surface area contributed by atoms with Gasteiger partial charge in [0, 0.05) is 18.7 Å². The number of hydrogen-bond donors (Lipinski definition) is 0. The van der Waals surface area contributed by atoms with Gasteiger partial charge in [0.05, 0.1) is 4.99 Å². The summed E-state index contributed by atoms with van der Waals surface area (Å²) < 4.78 is 0. The Morgan fingerprint density at radius 2 is 1.67 bits per heavy atom. The van der Waals surface area contributed by atoms with E-state index < -0.39 is 0 Å². The molecule has 0 spiro atoms. The molecule has 0 saturated heterocycles.